The number of furan rings is 1. The summed E-state index contributed by atoms with van der Waals surface area (Å²) in [6, 6.07) is 15.6. The number of anilines is 2. The van der Waals surface area contributed by atoms with E-state index >= 15 is 0 Å². The van der Waals surface area contributed by atoms with Gasteiger partial charge in [0.1, 0.15) is 11.4 Å². The Kier molecular flexibility index (Phi) is 6.15. The van der Waals surface area contributed by atoms with E-state index in [9.17, 15) is 4.79 Å². The Bertz CT molecular complexity index is 1060. The van der Waals surface area contributed by atoms with Crippen molar-refractivity contribution in [1.29, 1.82) is 0 Å². The summed E-state index contributed by atoms with van der Waals surface area (Å²) in [4.78, 5) is 19.8. The van der Waals surface area contributed by atoms with Crippen LogP contribution in [0.25, 0.3) is 11.5 Å². The second-order valence-corrected chi connectivity index (χ2v) is 8.52. The number of benzene rings is 1. The second-order valence-electron chi connectivity index (χ2n) is 8.52. The van der Waals surface area contributed by atoms with Crippen LogP contribution in [0, 0.1) is 5.92 Å². The van der Waals surface area contributed by atoms with Crippen molar-refractivity contribution in [2.24, 2.45) is 5.92 Å². The predicted molar refractivity (Wildman–Crippen MR) is 126 cm³/mol. The Balaban J connectivity index is 1.19. The molecule has 2 aromatic heterocycles. The van der Waals surface area contributed by atoms with Crippen LogP contribution in [0.4, 0.5) is 11.5 Å². The first kappa shape index (κ1) is 21.3. The summed E-state index contributed by atoms with van der Waals surface area (Å²) in [5.74, 6) is 2.62. The molecule has 0 radical (unpaired) electrons. The van der Waals surface area contributed by atoms with E-state index < -0.39 is 0 Å². The topological polar surface area (TPSA) is 74.9 Å². The standard InChI is InChI=1S/C25H29N5O3/c1-32-23-8-3-2-7-21(23)28-13-15-29(16-14-28)25(31)19-6-4-12-30(18-19)24-11-10-20(26-27-24)22-9-5-17-33-22/h2-3,5,7-11,17,19H,4,6,12-16,18H2,1H3. The second kappa shape index (κ2) is 9.52. The number of methoxy groups -OCH3 is 1. The molecule has 5 rings (SSSR count). The number of piperidine rings is 1. The van der Waals surface area contributed by atoms with E-state index in [0.717, 1.165) is 62.8 Å². The van der Waals surface area contributed by atoms with Gasteiger partial charge in [-0.3, -0.25) is 4.79 Å². The molecule has 8 nitrogen and oxygen atoms in total. The molecule has 1 atom stereocenters. The zero-order chi connectivity index (χ0) is 22.6. The zero-order valence-corrected chi connectivity index (χ0v) is 18.9. The molecule has 33 heavy (non-hydrogen) atoms. The molecule has 1 unspecified atom stereocenters. The highest BCUT2D eigenvalue weighted by molar-refractivity contribution is 5.80. The number of aromatic nitrogens is 2. The van der Waals surface area contributed by atoms with E-state index in [1.54, 1.807) is 13.4 Å². The molecule has 2 aliphatic rings. The van der Waals surface area contributed by atoms with Crippen molar-refractivity contribution in [3.8, 4) is 17.2 Å². The molecule has 8 heteroatoms. The lowest BCUT2D eigenvalue weighted by Gasteiger charge is -2.40. The monoisotopic (exact) mass is 447 g/mol. The van der Waals surface area contributed by atoms with Crippen LogP contribution in [0.15, 0.2) is 59.2 Å². The Morgan fingerprint density at radius 3 is 2.55 bits per heavy atom. The number of ether oxygens (including phenoxy) is 1. The Labute approximate surface area is 193 Å². The van der Waals surface area contributed by atoms with E-state index in [-0.39, 0.29) is 11.8 Å². The molecule has 2 aliphatic heterocycles. The lowest BCUT2D eigenvalue weighted by Crippen LogP contribution is -2.52. The number of amides is 1. The lowest BCUT2D eigenvalue weighted by molar-refractivity contribution is -0.136. The minimum atomic E-state index is -0.0110. The van der Waals surface area contributed by atoms with Crippen LogP contribution in [0.1, 0.15) is 12.8 Å². The van der Waals surface area contributed by atoms with Crippen LogP contribution in [-0.4, -0.2) is 67.4 Å². The summed E-state index contributed by atoms with van der Waals surface area (Å²) in [5.41, 5.74) is 1.80. The van der Waals surface area contributed by atoms with Crippen LogP contribution in [-0.2, 0) is 4.79 Å². The summed E-state index contributed by atoms with van der Waals surface area (Å²) in [7, 11) is 1.70. The summed E-state index contributed by atoms with van der Waals surface area (Å²) in [5, 5.41) is 8.71. The Hall–Kier alpha value is -3.55. The summed E-state index contributed by atoms with van der Waals surface area (Å²) < 4.78 is 10.9. The first-order valence-electron chi connectivity index (χ1n) is 11.5. The third-order valence-corrected chi connectivity index (χ3v) is 6.54. The van der Waals surface area contributed by atoms with Crippen LogP contribution < -0.4 is 14.5 Å². The fourth-order valence-corrected chi connectivity index (χ4v) is 4.75. The minimum Gasteiger partial charge on any atom is -0.495 e. The maximum atomic E-state index is 13.3. The van der Waals surface area contributed by atoms with Crippen molar-refractivity contribution < 1.29 is 13.9 Å². The van der Waals surface area contributed by atoms with Gasteiger partial charge in [0.05, 0.1) is 25.0 Å². The first-order valence-corrected chi connectivity index (χ1v) is 11.5. The molecule has 2 saturated heterocycles. The van der Waals surface area contributed by atoms with Gasteiger partial charge in [-0.15, -0.1) is 10.2 Å². The summed E-state index contributed by atoms with van der Waals surface area (Å²) in [6.07, 6.45) is 3.51. The highest BCUT2D eigenvalue weighted by Crippen LogP contribution is 2.29. The number of rotatable bonds is 5. The number of carbonyl (C=O) groups is 1. The molecule has 0 N–H and O–H groups in total. The van der Waals surface area contributed by atoms with Gasteiger partial charge >= 0.3 is 0 Å². The number of hydrogen-bond donors (Lipinski definition) is 0. The number of carbonyl (C=O) groups excluding carboxylic acids is 1. The molecule has 0 saturated carbocycles. The molecular formula is C25H29N5O3. The largest absolute Gasteiger partial charge is 0.495 e. The van der Waals surface area contributed by atoms with E-state index in [0.29, 0.717) is 18.0 Å². The van der Waals surface area contributed by atoms with Gasteiger partial charge in [-0.05, 0) is 49.2 Å². The van der Waals surface area contributed by atoms with Crippen LogP contribution in [0.5, 0.6) is 5.75 Å². The van der Waals surface area contributed by atoms with E-state index in [2.05, 4.69) is 26.1 Å². The number of nitrogens with zero attached hydrogens (tertiary/aromatic N) is 5. The molecule has 4 heterocycles. The van der Waals surface area contributed by atoms with Gasteiger partial charge in [0, 0.05) is 39.3 Å². The van der Waals surface area contributed by atoms with Crippen LogP contribution in [0.2, 0.25) is 0 Å². The van der Waals surface area contributed by atoms with Gasteiger partial charge in [0.2, 0.25) is 5.91 Å². The van der Waals surface area contributed by atoms with Gasteiger partial charge in [0.15, 0.2) is 11.6 Å². The quantitative estimate of drug-likeness (QED) is 0.594. The van der Waals surface area contributed by atoms with Gasteiger partial charge in [-0.1, -0.05) is 12.1 Å². The van der Waals surface area contributed by atoms with Gasteiger partial charge in [0.25, 0.3) is 0 Å². The van der Waals surface area contributed by atoms with Gasteiger partial charge < -0.3 is 23.9 Å². The molecule has 2 fully saturated rings. The van der Waals surface area contributed by atoms with Crippen molar-refractivity contribution in [1.82, 2.24) is 15.1 Å². The summed E-state index contributed by atoms with van der Waals surface area (Å²) >= 11 is 0. The number of para-hydroxylation sites is 2. The molecule has 0 aliphatic carbocycles. The lowest BCUT2D eigenvalue weighted by atomic mass is 9.96. The summed E-state index contributed by atoms with van der Waals surface area (Å²) in [6.45, 7) is 4.64. The van der Waals surface area contributed by atoms with Gasteiger partial charge in [-0.2, -0.15) is 0 Å². The highest BCUT2D eigenvalue weighted by atomic mass is 16.5. The fourth-order valence-electron chi connectivity index (χ4n) is 4.75. The fraction of sp³-hybridized carbons (Fsp3) is 0.400. The van der Waals surface area contributed by atoms with Crippen molar-refractivity contribution in [2.75, 3.05) is 56.2 Å². The third-order valence-electron chi connectivity index (χ3n) is 6.54. The Morgan fingerprint density at radius 2 is 1.82 bits per heavy atom. The molecule has 0 spiro atoms. The van der Waals surface area contributed by atoms with Crippen LogP contribution in [0.3, 0.4) is 0 Å². The van der Waals surface area contributed by atoms with Crippen molar-refractivity contribution in [3.05, 3.63) is 54.8 Å². The van der Waals surface area contributed by atoms with E-state index in [4.69, 9.17) is 9.15 Å². The van der Waals surface area contributed by atoms with E-state index in [1.165, 1.54) is 0 Å². The molecule has 1 aromatic carbocycles. The number of piperazine rings is 1. The van der Waals surface area contributed by atoms with Gasteiger partial charge in [-0.25, -0.2) is 0 Å². The maximum Gasteiger partial charge on any atom is 0.227 e. The molecular weight excluding hydrogens is 418 g/mol. The Morgan fingerprint density at radius 1 is 0.970 bits per heavy atom. The zero-order valence-electron chi connectivity index (χ0n) is 18.9. The SMILES string of the molecule is COc1ccccc1N1CCN(C(=O)C2CCCN(c3ccc(-c4ccco4)nn3)C2)CC1. The smallest absolute Gasteiger partial charge is 0.227 e. The number of hydrogen-bond acceptors (Lipinski definition) is 7. The third kappa shape index (κ3) is 4.51. The minimum absolute atomic E-state index is 0.0110. The normalized spacial score (nSPS) is 18.9. The van der Waals surface area contributed by atoms with Crippen molar-refractivity contribution in [2.45, 2.75) is 12.8 Å². The van der Waals surface area contributed by atoms with Crippen molar-refractivity contribution >= 4 is 17.4 Å². The molecule has 3 aromatic rings. The highest BCUT2D eigenvalue weighted by Gasteiger charge is 2.32. The molecule has 0 bridgehead atoms. The van der Waals surface area contributed by atoms with Crippen LogP contribution >= 0.6 is 0 Å². The van der Waals surface area contributed by atoms with Crippen molar-refractivity contribution in [3.63, 3.8) is 0 Å². The molecule has 172 valence electrons. The average Bonchev–Trinajstić information content (AvgIpc) is 3.44. The first-order chi connectivity index (χ1) is 16.2. The van der Waals surface area contributed by atoms with E-state index in [1.807, 2.05) is 47.4 Å². The molecule has 1 amide bonds. The average molecular weight is 448 g/mol. The predicted octanol–water partition coefficient (Wildman–Crippen LogP) is 3.31. The maximum absolute atomic E-state index is 13.3.